The molecule has 0 aliphatic carbocycles. The van der Waals surface area contributed by atoms with Crippen LogP contribution in [-0.4, -0.2) is 24.1 Å². The lowest BCUT2D eigenvalue weighted by Gasteiger charge is -2.19. The highest BCUT2D eigenvalue weighted by atomic mass is 79.9. The van der Waals surface area contributed by atoms with Crippen molar-refractivity contribution in [2.24, 2.45) is 0 Å². The fourth-order valence-electron chi connectivity index (χ4n) is 2.01. The van der Waals surface area contributed by atoms with Crippen molar-refractivity contribution in [2.45, 2.75) is 32.8 Å². The molecule has 2 rings (SSSR count). The molecule has 1 aromatic carbocycles. The molecule has 6 nitrogen and oxygen atoms in total. The number of ether oxygens (including phenoxy) is 1. The third-order valence-electron chi connectivity index (χ3n) is 3.09. The highest BCUT2D eigenvalue weighted by Crippen LogP contribution is 2.16. The Balaban J connectivity index is 1.80. The van der Waals surface area contributed by atoms with Crippen LogP contribution in [0.5, 0.6) is 0 Å². The van der Waals surface area contributed by atoms with Crippen LogP contribution in [0, 0.1) is 0 Å². The summed E-state index contributed by atoms with van der Waals surface area (Å²) in [6.07, 6.45) is 0.236. The molecule has 1 heterocycles. The summed E-state index contributed by atoms with van der Waals surface area (Å²) in [7, 11) is 0. The van der Waals surface area contributed by atoms with Crippen LogP contribution in [0.15, 0.2) is 45.5 Å². The summed E-state index contributed by atoms with van der Waals surface area (Å²) in [5, 5.41) is 5.47. The first-order valence-corrected chi connectivity index (χ1v) is 8.65. The van der Waals surface area contributed by atoms with Crippen LogP contribution in [0.2, 0.25) is 0 Å². The van der Waals surface area contributed by atoms with Gasteiger partial charge in [0, 0.05) is 12.2 Å². The van der Waals surface area contributed by atoms with Gasteiger partial charge in [-0.25, -0.2) is 4.79 Å². The van der Waals surface area contributed by atoms with Crippen molar-refractivity contribution in [1.29, 1.82) is 0 Å². The Morgan fingerprint density at radius 3 is 2.36 bits per heavy atom. The summed E-state index contributed by atoms with van der Waals surface area (Å²) in [6, 6.07) is 10.7. The molecule has 0 radical (unpaired) electrons. The molecule has 2 aromatic rings. The summed E-state index contributed by atoms with van der Waals surface area (Å²) < 4.78 is 10.9. The molecule has 1 aromatic heterocycles. The van der Waals surface area contributed by atoms with Gasteiger partial charge in [0.05, 0.1) is 0 Å². The predicted molar refractivity (Wildman–Crippen MR) is 98.7 cm³/mol. The number of carbonyl (C=O) groups excluding carboxylic acids is 2. The molecule has 0 saturated carbocycles. The zero-order valence-corrected chi connectivity index (χ0v) is 16.0. The summed E-state index contributed by atoms with van der Waals surface area (Å²) in [5.74, 6) is -0.0810. The van der Waals surface area contributed by atoms with E-state index in [1.807, 2.05) is 32.9 Å². The molecule has 25 heavy (non-hydrogen) atoms. The second kappa shape index (κ2) is 8.20. The third kappa shape index (κ3) is 6.62. The van der Waals surface area contributed by atoms with E-state index in [-0.39, 0.29) is 11.7 Å². The average molecular weight is 409 g/mol. The monoisotopic (exact) mass is 408 g/mol. The topological polar surface area (TPSA) is 80.6 Å². The highest BCUT2D eigenvalue weighted by Gasteiger charge is 2.15. The molecule has 2 N–H and O–H groups in total. The minimum Gasteiger partial charge on any atom is -0.444 e. The van der Waals surface area contributed by atoms with E-state index in [1.165, 1.54) is 0 Å². The number of benzene rings is 1. The van der Waals surface area contributed by atoms with Crippen molar-refractivity contribution in [2.75, 3.05) is 11.9 Å². The molecule has 134 valence electrons. The van der Waals surface area contributed by atoms with Crippen molar-refractivity contribution in [3.63, 3.8) is 0 Å². The van der Waals surface area contributed by atoms with Crippen LogP contribution in [0.25, 0.3) is 0 Å². The molecule has 0 unspecified atom stereocenters. The Morgan fingerprint density at radius 2 is 1.80 bits per heavy atom. The van der Waals surface area contributed by atoms with E-state index in [1.54, 1.807) is 24.3 Å². The number of hydrogen-bond donors (Lipinski definition) is 2. The van der Waals surface area contributed by atoms with Crippen molar-refractivity contribution in [3.8, 4) is 0 Å². The van der Waals surface area contributed by atoms with Gasteiger partial charge in [0.2, 0.25) is 0 Å². The van der Waals surface area contributed by atoms with Gasteiger partial charge in [-0.05, 0) is 73.0 Å². The maximum Gasteiger partial charge on any atom is 0.407 e. The van der Waals surface area contributed by atoms with Crippen molar-refractivity contribution < 1.29 is 18.7 Å². The molecular formula is C18H21BrN2O4. The first kappa shape index (κ1) is 19.1. The van der Waals surface area contributed by atoms with Crippen molar-refractivity contribution in [3.05, 3.63) is 52.4 Å². The van der Waals surface area contributed by atoms with Crippen LogP contribution < -0.4 is 10.6 Å². The maximum absolute atomic E-state index is 12.0. The SMILES string of the molecule is CC(C)(C)OC(=O)NCCc1ccc(NC(=O)c2ccc(Br)o2)cc1. The summed E-state index contributed by atoms with van der Waals surface area (Å²) in [6.45, 7) is 5.93. The lowest BCUT2D eigenvalue weighted by molar-refractivity contribution is 0.0528. The summed E-state index contributed by atoms with van der Waals surface area (Å²) in [5.41, 5.74) is 1.20. The average Bonchev–Trinajstić information content (AvgIpc) is 2.94. The highest BCUT2D eigenvalue weighted by molar-refractivity contribution is 9.10. The van der Waals surface area contributed by atoms with Crippen LogP contribution in [0.1, 0.15) is 36.9 Å². The number of nitrogens with one attached hydrogen (secondary N) is 2. The van der Waals surface area contributed by atoms with Gasteiger partial charge in [0.15, 0.2) is 10.4 Å². The minimum atomic E-state index is -0.506. The van der Waals surface area contributed by atoms with E-state index in [0.717, 1.165) is 5.56 Å². The van der Waals surface area contributed by atoms with Gasteiger partial charge in [-0.1, -0.05) is 12.1 Å². The lowest BCUT2D eigenvalue weighted by atomic mass is 10.1. The molecule has 0 bridgehead atoms. The quantitative estimate of drug-likeness (QED) is 0.769. The molecule has 0 fully saturated rings. The van der Waals surface area contributed by atoms with E-state index < -0.39 is 11.7 Å². The normalized spacial score (nSPS) is 11.0. The second-order valence-corrected chi connectivity index (χ2v) is 7.22. The lowest BCUT2D eigenvalue weighted by Crippen LogP contribution is -2.33. The molecule has 7 heteroatoms. The van der Waals surface area contributed by atoms with Gasteiger partial charge in [0.1, 0.15) is 5.60 Å². The van der Waals surface area contributed by atoms with Crippen LogP contribution in [0.3, 0.4) is 0 Å². The third-order valence-corrected chi connectivity index (χ3v) is 3.52. The van der Waals surface area contributed by atoms with Gasteiger partial charge in [0.25, 0.3) is 5.91 Å². The number of furan rings is 1. The van der Waals surface area contributed by atoms with Crippen molar-refractivity contribution >= 4 is 33.6 Å². The van der Waals surface area contributed by atoms with Gasteiger partial charge < -0.3 is 19.8 Å². The Kier molecular flexibility index (Phi) is 6.25. The van der Waals surface area contributed by atoms with E-state index in [9.17, 15) is 9.59 Å². The molecule has 2 amide bonds. The molecule has 0 aliphatic heterocycles. The minimum absolute atomic E-state index is 0.234. The van der Waals surface area contributed by atoms with Gasteiger partial charge >= 0.3 is 6.09 Å². The second-order valence-electron chi connectivity index (χ2n) is 6.43. The Labute approximate surface area is 155 Å². The van der Waals surface area contributed by atoms with Gasteiger partial charge in [-0.2, -0.15) is 0 Å². The van der Waals surface area contributed by atoms with E-state index >= 15 is 0 Å². The van der Waals surface area contributed by atoms with Gasteiger partial charge in [-0.15, -0.1) is 0 Å². The molecular weight excluding hydrogens is 388 g/mol. The number of amides is 2. The summed E-state index contributed by atoms with van der Waals surface area (Å²) in [4.78, 5) is 23.6. The van der Waals surface area contributed by atoms with E-state index in [2.05, 4.69) is 26.6 Å². The Bertz CT molecular complexity index is 732. The molecule has 0 saturated heterocycles. The number of halogens is 1. The zero-order chi connectivity index (χ0) is 18.4. The fourth-order valence-corrected chi connectivity index (χ4v) is 2.31. The van der Waals surface area contributed by atoms with Crippen LogP contribution >= 0.6 is 15.9 Å². The number of carbonyl (C=O) groups is 2. The van der Waals surface area contributed by atoms with Crippen LogP contribution in [0.4, 0.5) is 10.5 Å². The number of rotatable bonds is 5. The molecule has 0 atom stereocenters. The van der Waals surface area contributed by atoms with E-state index in [4.69, 9.17) is 9.15 Å². The summed E-state index contributed by atoms with van der Waals surface area (Å²) >= 11 is 3.16. The number of hydrogen-bond acceptors (Lipinski definition) is 4. The zero-order valence-electron chi connectivity index (χ0n) is 14.4. The van der Waals surface area contributed by atoms with E-state index in [0.29, 0.717) is 23.3 Å². The first-order chi connectivity index (χ1) is 11.7. The van der Waals surface area contributed by atoms with Gasteiger partial charge in [-0.3, -0.25) is 4.79 Å². The standard InChI is InChI=1S/C18H21BrN2O4/c1-18(2,3)25-17(23)20-11-10-12-4-6-13(7-5-12)21-16(22)14-8-9-15(19)24-14/h4-9H,10-11H2,1-3H3,(H,20,23)(H,21,22). The van der Waals surface area contributed by atoms with Crippen molar-refractivity contribution in [1.82, 2.24) is 5.32 Å². The maximum atomic E-state index is 12.0. The fraction of sp³-hybridized carbons (Fsp3) is 0.333. The largest absolute Gasteiger partial charge is 0.444 e. The van der Waals surface area contributed by atoms with Crippen LogP contribution in [-0.2, 0) is 11.2 Å². The Morgan fingerprint density at radius 1 is 1.12 bits per heavy atom. The molecule has 0 aliphatic rings. The predicted octanol–water partition coefficient (Wildman–Crippen LogP) is 4.36. The number of alkyl carbamates (subject to hydrolysis) is 1. The number of anilines is 1. The molecule has 0 spiro atoms. The first-order valence-electron chi connectivity index (χ1n) is 7.85. The smallest absolute Gasteiger partial charge is 0.407 e. The Hall–Kier alpha value is -2.28.